The van der Waals surface area contributed by atoms with Crippen molar-refractivity contribution in [2.75, 3.05) is 39.3 Å². The second-order valence-corrected chi connectivity index (χ2v) is 8.89. The Morgan fingerprint density at radius 3 is 2.74 bits per heavy atom. The van der Waals surface area contributed by atoms with E-state index in [1.165, 1.54) is 0 Å². The van der Waals surface area contributed by atoms with Gasteiger partial charge in [-0.3, -0.25) is 9.67 Å². The number of nitrogens with one attached hydrogen (secondary N) is 1. The third kappa shape index (κ3) is 7.81. The fraction of sp³-hybridized carbons (Fsp3) is 0.762. The number of amides is 1. The number of halogens is 1. The molecule has 3 rings (SSSR count). The third-order valence-electron chi connectivity index (χ3n) is 5.02. The largest absolute Gasteiger partial charge is 0.444 e. The van der Waals surface area contributed by atoms with E-state index >= 15 is 0 Å². The first-order valence-corrected chi connectivity index (χ1v) is 10.9. The van der Waals surface area contributed by atoms with Crippen LogP contribution in [0.5, 0.6) is 0 Å². The Morgan fingerprint density at radius 1 is 1.42 bits per heavy atom. The summed E-state index contributed by atoms with van der Waals surface area (Å²) < 4.78 is 13.3. The Balaban J connectivity index is 0.00000341. The van der Waals surface area contributed by atoms with Crippen molar-refractivity contribution in [3.05, 3.63) is 18.0 Å². The molecular formula is C21H37IN6O3. The molecule has 1 aromatic heterocycles. The van der Waals surface area contributed by atoms with Gasteiger partial charge in [-0.25, -0.2) is 4.79 Å². The van der Waals surface area contributed by atoms with Crippen molar-refractivity contribution in [3.8, 4) is 0 Å². The lowest BCUT2D eigenvalue weighted by Crippen LogP contribution is -2.48. The highest BCUT2D eigenvalue weighted by Crippen LogP contribution is 2.28. The number of guanidine groups is 1. The number of ether oxygens (including phenoxy) is 2. The highest BCUT2D eigenvalue weighted by molar-refractivity contribution is 14.0. The first-order chi connectivity index (χ1) is 14.3. The summed E-state index contributed by atoms with van der Waals surface area (Å²) in [4.78, 5) is 21.4. The molecule has 0 bridgehead atoms. The Labute approximate surface area is 202 Å². The van der Waals surface area contributed by atoms with Gasteiger partial charge in [0.1, 0.15) is 11.7 Å². The summed E-state index contributed by atoms with van der Waals surface area (Å²) in [5, 5.41) is 7.63. The molecule has 0 aromatic carbocycles. The van der Waals surface area contributed by atoms with Crippen LogP contribution in [0.4, 0.5) is 4.79 Å². The fourth-order valence-corrected chi connectivity index (χ4v) is 3.47. The molecule has 1 saturated heterocycles. The van der Waals surface area contributed by atoms with Crippen molar-refractivity contribution < 1.29 is 14.3 Å². The summed E-state index contributed by atoms with van der Waals surface area (Å²) in [7, 11) is 1.91. The molecule has 0 radical (unpaired) electrons. The molecule has 1 N–H and O–H groups in total. The van der Waals surface area contributed by atoms with E-state index in [4.69, 9.17) is 14.5 Å². The summed E-state index contributed by atoms with van der Waals surface area (Å²) in [5.41, 5.74) is 0.584. The van der Waals surface area contributed by atoms with E-state index in [0.717, 1.165) is 44.0 Å². The summed E-state index contributed by atoms with van der Waals surface area (Å²) in [5.74, 6) is 0.856. The number of aromatic nitrogens is 2. The van der Waals surface area contributed by atoms with Crippen molar-refractivity contribution in [2.24, 2.45) is 12.0 Å². The van der Waals surface area contributed by atoms with Gasteiger partial charge in [0.05, 0.1) is 25.9 Å². The number of aryl methyl sites for hydroxylation is 1. The van der Waals surface area contributed by atoms with Crippen LogP contribution in [0, 0.1) is 0 Å². The second kappa shape index (κ2) is 11.3. The summed E-state index contributed by atoms with van der Waals surface area (Å²) in [6.07, 6.45) is 5.66. The maximum absolute atomic E-state index is 12.6. The monoisotopic (exact) mass is 548 g/mol. The van der Waals surface area contributed by atoms with E-state index in [9.17, 15) is 4.79 Å². The zero-order chi connectivity index (χ0) is 21.7. The Kier molecular flexibility index (Phi) is 9.41. The molecule has 1 aromatic rings. The highest BCUT2D eigenvalue weighted by Gasteiger charge is 2.35. The summed E-state index contributed by atoms with van der Waals surface area (Å²) in [6, 6.07) is 0.288. The molecule has 9 nitrogen and oxygen atoms in total. The number of carbonyl (C=O) groups excluding carboxylic acids is 1. The predicted octanol–water partition coefficient (Wildman–Crippen LogP) is 2.78. The minimum absolute atomic E-state index is 0. The first-order valence-electron chi connectivity index (χ1n) is 10.9. The van der Waals surface area contributed by atoms with E-state index in [0.29, 0.717) is 19.7 Å². The van der Waals surface area contributed by atoms with Crippen LogP contribution in [-0.4, -0.2) is 82.6 Å². The third-order valence-corrected chi connectivity index (χ3v) is 5.02. The molecule has 1 aliphatic carbocycles. The van der Waals surface area contributed by atoms with Crippen molar-refractivity contribution >= 4 is 36.0 Å². The van der Waals surface area contributed by atoms with Gasteiger partial charge >= 0.3 is 6.09 Å². The lowest BCUT2D eigenvalue weighted by atomic mass is 10.1. The Bertz CT molecular complexity index is 744. The number of aliphatic imine (C=N–C) groups is 1. The van der Waals surface area contributed by atoms with Crippen LogP contribution in [0.1, 0.15) is 52.2 Å². The van der Waals surface area contributed by atoms with Crippen molar-refractivity contribution in [1.82, 2.24) is 24.9 Å². The second-order valence-electron chi connectivity index (χ2n) is 8.89. The number of nitrogens with zero attached hydrogens (tertiary/aromatic N) is 5. The molecule has 1 aliphatic heterocycles. The number of hydrogen-bond donors (Lipinski definition) is 1. The van der Waals surface area contributed by atoms with E-state index in [1.807, 2.05) is 45.1 Å². The van der Waals surface area contributed by atoms with Gasteiger partial charge in [-0.1, -0.05) is 0 Å². The summed E-state index contributed by atoms with van der Waals surface area (Å²) >= 11 is 0. The van der Waals surface area contributed by atoms with Crippen LogP contribution in [0.25, 0.3) is 0 Å². The Hall–Kier alpha value is -1.56. The Morgan fingerprint density at radius 2 is 2.16 bits per heavy atom. The van der Waals surface area contributed by atoms with Crippen LogP contribution in [0.3, 0.4) is 0 Å². The smallest absolute Gasteiger partial charge is 0.410 e. The molecule has 0 spiro atoms. The van der Waals surface area contributed by atoms with E-state index in [2.05, 4.69) is 22.2 Å². The molecule has 2 fully saturated rings. The standard InChI is InChI=1S/C21H36N6O3.HI/c1-6-22-19(26-11-12-29-18(15-26)16-13-24-25(5)14-16)23-9-10-27(17-7-8-17)20(28)30-21(2,3)4;/h13-14,17-18H,6-12,15H2,1-5H3,(H,22,23);1H. The van der Waals surface area contributed by atoms with Gasteiger partial charge < -0.3 is 24.6 Å². The highest BCUT2D eigenvalue weighted by atomic mass is 127. The average molecular weight is 548 g/mol. The van der Waals surface area contributed by atoms with Gasteiger partial charge in [-0.2, -0.15) is 5.10 Å². The van der Waals surface area contributed by atoms with Crippen molar-refractivity contribution in [1.29, 1.82) is 0 Å². The van der Waals surface area contributed by atoms with Gasteiger partial charge in [0.25, 0.3) is 0 Å². The van der Waals surface area contributed by atoms with Gasteiger partial charge in [0, 0.05) is 44.5 Å². The molecule has 176 valence electrons. The average Bonchev–Trinajstić information content (AvgIpc) is 3.42. The lowest BCUT2D eigenvalue weighted by Gasteiger charge is -2.35. The zero-order valence-electron chi connectivity index (χ0n) is 19.3. The lowest BCUT2D eigenvalue weighted by molar-refractivity contribution is -0.00806. The van der Waals surface area contributed by atoms with Crippen LogP contribution in [-0.2, 0) is 16.5 Å². The molecular weight excluding hydrogens is 511 g/mol. The predicted molar refractivity (Wildman–Crippen MR) is 131 cm³/mol. The minimum atomic E-state index is -0.489. The number of carbonyl (C=O) groups is 1. The number of morpholine rings is 1. The molecule has 10 heteroatoms. The SMILES string of the molecule is CCNC(=NCCN(C(=O)OC(C)(C)C)C1CC1)N1CCOC(c2cnn(C)c2)C1.I. The maximum atomic E-state index is 12.6. The number of rotatable bonds is 6. The van der Waals surface area contributed by atoms with Crippen LogP contribution >= 0.6 is 24.0 Å². The van der Waals surface area contributed by atoms with Crippen LogP contribution < -0.4 is 5.32 Å². The van der Waals surface area contributed by atoms with Gasteiger partial charge in [-0.05, 0) is 40.5 Å². The molecule has 2 heterocycles. The van der Waals surface area contributed by atoms with Crippen LogP contribution in [0.2, 0.25) is 0 Å². The van der Waals surface area contributed by atoms with Crippen molar-refractivity contribution in [3.63, 3.8) is 0 Å². The van der Waals surface area contributed by atoms with E-state index < -0.39 is 5.60 Å². The normalized spacial score (nSPS) is 19.6. The van der Waals surface area contributed by atoms with E-state index in [1.54, 1.807) is 4.68 Å². The topological polar surface area (TPSA) is 84.2 Å². The van der Waals surface area contributed by atoms with Gasteiger partial charge in [-0.15, -0.1) is 24.0 Å². The quantitative estimate of drug-likeness (QED) is 0.335. The molecule has 1 unspecified atom stereocenters. The minimum Gasteiger partial charge on any atom is -0.444 e. The molecule has 31 heavy (non-hydrogen) atoms. The van der Waals surface area contributed by atoms with Gasteiger partial charge in [0.15, 0.2) is 5.96 Å². The van der Waals surface area contributed by atoms with E-state index in [-0.39, 0.29) is 42.2 Å². The van der Waals surface area contributed by atoms with Gasteiger partial charge in [0.2, 0.25) is 0 Å². The zero-order valence-corrected chi connectivity index (χ0v) is 21.7. The number of hydrogen-bond acceptors (Lipinski definition) is 5. The molecule has 1 saturated carbocycles. The van der Waals surface area contributed by atoms with Crippen LogP contribution in [0.15, 0.2) is 17.4 Å². The fourth-order valence-electron chi connectivity index (χ4n) is 3.47. The molecule has 2 aliphatic rings. The summed E-state index contributed by atoms with van der Waals surface area (Å²) in [6.45, 7) is 11.8. The maximum Gasteiger partial charge on any atom is 0.410 e. The first kappa shape index (κ1) is 25.7. The van der Waals surface area contributed by atoms with Crippen molar-refractivity contribution in [2.45, 2.75) is 58.3 Å². The molecule has 1 amide bonds. The molecule has 1 atom stereocenters.